The lowest BCUT2D eigenvalue weighted by atomic mass is 10.1. The number of hydrogen-bond acceptors (Lipinski definition) is 3. The third kappa shape index (κ3) is 3.85. The standard InChI is InChI=1S/C16H21NS2/c1-11-6-12(2)8-14(7-11)10-19-15(9-17)16-13(3)4-5-18-16/h4-8,15H,9-10,17H2,1-3H3. The summed E-state index contributed by atoms with van der Waals surface area (Å²) in [6, 6.07) is 8.95. The number of benzene rings is 1. The van der Waals surface area contributed by atoms with Crippen molar-refractivity contribution in [1.29, 1.82) is 0 Å². The fourth-order valence-electron chi connectivity index (χ4n) is 2.31. The zero-order valence-electron chi connectivity index (χ0n) is 11.8. The van der Waals surface area contributed by atoms with Crippen molar-refractivity contribution in [3.8, 4) is 0 Å². The highest BCUT2D eigenvalue weighted by atomic mass is 32.2. The fraction of sp³-hybridized carbons (Fsp3) is 0.375. The van der Waals surface area contributed by atoms with Crippen molar-refractivity contribution in [2.24, 2.45) is 5.73 Å². The van der Waals surface area contributed by atoms with Crippen LogP contribution in [-0.2, 0) is 5.75 Å². The Labute approximate surface area is 124 Å². The van der Waals surface area contributed by atoms with E-state index in [2.05, 4.69) is 50.4 Å². The molecule has 0 aliphatic heterocycles. The van der Waals surface area contributed by atoms with Crippen LogP contribution in [0.15, 0.2) is 29.6 Å². The topological polar surface area (TPSA) is 26.0 Å². The second-order valence-electron chi connectivity index (χ2n) is 5.00. The summed E-state index contributed by atoms with van der Waals surface area (Å²) in [7, 11) is 0. The second-order valence-corrected chi connectivity index (χ2v) is 7.14. The lowest BCUT2D eigenvalue weighted by molar-refractivity contribution is 0.951. The van der Waals surface area contributed by atoms with Gasteiger partial charge in [0.2, 0.25) is 0 Å². The average molecular weight is 291 g/mol. The van der Waals surface area contributed by atoms with Gasteiger partial charge in [0.25, 0.3) is 0 Å². The van der Waals surface area contributed by atoms with Gasteiger partial charge in [-0.1, -0.05) is 29.3 Å². The molecule has 102 valence electrons. The van der Waals surface area contributed by atoms with Gasteiger partial charge in [-0.05, 0) is 43.3 Å². The zero-order chi connectivity index (χ0) is 13.8. The van der Waals surface area contributed by atoms with Crippen molar-refractivity contribution >= 4 is 23.1 Å². The first-order valence-electron chi connectivity index (χ1n) is 6.53. The van der Waals surface area contributed by atoms with Gasteiger partial charge in [-0.25, -0.2) is 0 Å². The predicted molar refractivity (Wildman–Crippen MR) is 88.1 cm³/mol. The van der Waals surface area contributed by atoms with Crippen LogP contribution in [0.25, 0.3) is 0 Å². The summed E-state index contributed by atoms with van der Waals surface area (Å²) in [4.78, 5) is 1.43. The molecule has 19 heavy (non-hydrogen) atoms. The molecule has 0 aliphatic carbocycles. The molecule has 1 unspecified atom stereocenters. The quantitative estimate of drug-likeness (QED) is 0.871. The highest BCUT2D eigenvalue weighted by Gasteiger charge is 2.14. The second kappa shape index (κ2) is 6.60. The van der Waals surface area contributed by atoms with Gasteiger partial charge < -0.3 is 5.73 Å². The van der Waals surface area contributed by atoms with Crippen LogP contribution >= 0.6 is 23.1 Å². The summed E-state index contributed by atoms with van der Waals surface area (Å²) in [6.07, 6.45) is 0. The molecule has 0 fully saturated rings. The Morgan fingerprint density at radius 2 is 1.84 bits per heavy atom. The number of thiophene rings is 1. The van der Waals surface area contributed by atoms with Gasteiger partial charge >= 0.3 is 0 Å². The Balaban J connectivity index is 2.06. The summed E-state index contributed by atoms with van der Waals surface area (Å²) in [5.41, 5.74) is 11.4. The van der Waals surface area contributed by atoms with Crippen LogP contribution in [0.3, 0.4) is 0 Å². The smallest absolute Gasteiger partial charge is 0.0519 e. The third-order valence-corrected chi connectivity index (χ3v) is 5.75. The molecule has 0 radical (unpaired) electrons. The Morgan fingerprint density at radius 3 is 2.37 bits per heavy atom. The minimum absolute atomic E-state index is 0.417. The zero-order valence-corrected chi connectivity index (χ0v) is 13.4. The molecule has 3 heteroatoms. The molecule has 2 N–H and O–H groups in total. The van der Waals surface area contributed by atoms with E-state index in [1.54, 1.807) is 0 Å². The normalized spacial score (nSPS) is 12.6. The minimum Gasteiger partial charge on any atom is -0.329 e. The van der Waals surface area contributed by atoms with Crippen LogP contribution in [0.5, 0.6) is 0 Å². The molecule has 0 bridgehead atoms. The Hall–Kier alpha value is -0.770. The predicted octanol–water partition coefficient (Wildman–Crippen LogP) is 4.61. The highest BCUT2D eigenvalue weighted by Crippen LogP contribution is 2.35. The van der Waals surface area contributed by atoms with E-state index in [4.69, 9.17) is 5.73 Å². The van der Waals surface area contributed by atoms with Gasteiger partial charge in [-0.3, -0.25) is 0 Å². The minimum atomic E-state index is 0.417. The highest BCUT2D eigenvalue weighted by molar-refractivity contribution is 7.98. The largest absolute Gasteiger partial charge is 0.329 e. The number of nitrogens with two attached hydrogens (primary N) is 1. The summed E-state index contributed by atoms with van der Waals surface area (Å²) in [5, 5.41) is 2.57. The molecular weight excluding hydrogens is 270 g/mol. The Kier molecular flexibility index (Phi) is 5.08. The molecule has 1 nitrogen and oxygen atoms in total. The molecule has 0 saturated heterocycles. The van der Waals surface area contributed by atoms with Crippen molar-refractivity contribution in [3.63, 3.8) is 0 Å². The summed E-state index contributed by atoms with van der Waals surface area (Å²) >= 11 is 3.77. The number of hydrogen-bond donors (Lipinski definition) is 1. The van der Waals surface area contributed by atoms with E-state index >= 15 is 0 Å². The third-order valence-electron chi connectivity index (χ3n) is 3.14. The lowest BCUT2D eigenvalue weighted by Crippen LogP contribution is -2.09. The van der Waals surface area contributed by atoms with Crippen molar-refractivity contribution in [3.05, 3.63) is 56.8 Å². The van der Waals surface area contributed by atoms with Crippen molar-refractivity contribution in [2.75, 3.05) is 6.54 Å². The van der Waals surface area contributed by atoms with E-state index in [-0.39, 0.29) is 0 Å². The molecule has 0 saturated carbocycles. The Morgan fingerprint density at radius 1 is 1.16 bits per heavy atom. The molecule has 2 rings (SSSR count). The number of aryl methyl sites for hydroxylation is 3. The van der Waals surface area contributed by atoms with Crippen molar-refractivity contribution in [2.45, 2.75) is 31.8 Å². The summed E-state index contributed by atoms with van der Waals surface area (Å²) in [6.45, 7) is 7.19. The van der Waals surface area contributed by atoms with E-state index in [9.17, 15) is 0 Å². The van der Waals surface area contributed by atoms with E-state index in [0.29, 0.717) is 11.8 Å². The van der Waals surface area contributed by atoms with Crippen LogP contribution in [0, 0.1) is 20.8 Å². The Bertz CT molecular complexity index is 525. The number of thioether (sulfide) groups is 1. The first kappa shape index (κ1) is 14.6. The van der Waals surface area contributed by atoms with Gasteiger partial charge in [0.1, 0.15) is 0 Å². The van der Waals surface area contributed by atoms with Crippen molar-refractivity contribution in [1.82, 2.24) is 0 Å². The number of rotatable bonds is 5. The van der Waals surface area contributed by atoms with Crippen LogP contribution in [0.2, 0.25) is 0 Å². The molecule has 2 aromatic rings. The molecule has 1 aromatic heterocycles. The van der Waals surface area contributed by atoms with E-state index in [0.717, 1.165) is 5.75 Å². The van der Waals surface area contributed by atoms with Gasteiger partial charge in [0.05, 0.1) is 5.25 Å². The first-order chi connectivity index (χ1) is 9.10. The van der Waals surface area contributed by atoms with Gasteiger partial charge in [0, 0.05) is 17.2 Å². The SMILES string of the molecule is Cc1cc(C)cc(CSC(CN)c2sccc2C)c1. The first-order valence-corrected chi connectivity index (χ1v) is 8.46. The van der Waals surface area contributed by atoms with Crippen molar-refractivity contribution < 1.29 is 0 Å². The monoisotopic (exact) mass is 291 g/mol. The maximum Gasteiger partial charge on any atom is 0.0519 e. The van der Waals surface area contributed by atoms with Crippen LogP contribution in [-0.4, -0.2) is 6.54 Å². The van der Waals surface area contributed by atoms with Crippen LogP contribution in [0.4, 0.5) is 0 Å². The van der Waals surface area contributed by atoms with E-state index < -0.39 is 0 Å². The average Bonchev–Trinajstić information content (AvgIpc) is 2.75. The van der Waals surface area contributed by atoms with Gasteiger partial charge in [-0.15, -0.1) is 23.1 Å². The van der Waals surface area contributed by atoms with E-state index in [1.165, 1.54) is 27.1 Å². The molecule has 0 amide bonds. The molecule has 1 aromatic carbocycles. The summed E-state index contributed by atoms with van der Waals surface area (Å²) < 4.78 is 0. The molecular formula is C16H21NS2. The van der Waals surface area contributed by atoms with Crippen LogP contribution < -0.4 is 5.73 Å². The molecule has 1 atom stereocenters. The maximum atomic E-state index is 5.94. The fourth-order valence-corrected chi connectivity index (χ4v) is 4.64. The summed E-state index contributed by atoms with van der Waals surface area (Å²) in [5.74, 6) is 1.03. The van der Waals surface area contributed by atoms with E-state index in [1.807, 2.05) is 23.1 Å². The van der Waals surface area contributed by atoms with Gasteiger partial charge in [0.15, 0.2) is 0 Å². The molecule has 0 aliphatic rings. The van der Waals surface area contributed by atoms with Crippen LogP contribution in [0.1, 0.15) is 32.4 Å². The molecule has 1 heterocycles. The lowest BCUT2D eigenvalue weighted by Gasteiger charge is -2.14. The maximum absolute atomic E-state index is 5.94. The molecule has 0 spiro atoms. The van der Waals surface area contributed by atoms with Gasteiger partial charge in [-0.2, -0.15) is 0 Å².